The minimum atomic E-state index is 0.616. The van der Waals surface area contributed by atoms with Crippen LogP contribution in [0, 0.1) is 13.8 Å². The van der Waals surface area contributed by atoms with Gasteiger partial charge in [-0.2, -0.15) is 5.10 Å². The monoisotopic (exact) mass is 286 g/mol. The Labute approximate surface area is 125 Å². The largest absolute Gasteiger partial charge is 0.393 e. The second-order valence-corrected chi connectivity index (χ2v) is 5.67. The van der Waals surface area contributed by atoms with Crippen molar-refractivity contribution in [2.24, 2.45) is 0 Å². The molecule has 2 aromatic rings. The lowest BCUT2D eigenvalue weighted by Crippen LogP contribution is -2.26. The molecule has 2 N–H and O–H groups in total. The van der Waals surface area contributed by atoms with E-state index in [1.807, 2.05) is 19.9 Å². The van der Waals surface area contributed by atoms with Crippen LogP contribution in [-0.2, 0) is 0 Å². The second kappa shape index (κ2) is 5.71. The number of hydrogen-bond donors (Lipinski definition) is 1. The molecule has 0 aromatic carbocycles. The lowest BCUT2D eigenvalue weighted by atomic mass is 10.2. The van der Waals surface area contributed by atoms with Gasteiger partial charge in [-0.3, -0.25) is 0 Å². The quantitative estimate of drug-likeness (QED) is 0.916. The van der Waals surface area contributed by atoms with Crippen molar-refractivity contribution in [2.75, 3.05) is 23.7 Å². The first-order chi connectivity index (χ1) is 10.2. The van der Waals surface area contributed by atoms with Crippen LogP contribution in [0.1, 0.15) is 37.1 Å². The summed E-state index contributed by atoms with van der Waals surface area (Å²) in [6.45, 7) is 6.00. The summed E-state index contributed by atoms with van der Waals surface area (Å²) >= 11 is 0. The number of hydrogen-bond acceptors (Lipinski definition) is 5. The van der Waals surface area contributed by atoms with Crippen molar-refractivity contribution in [1.82, 2.24) is 19.7 Å². The van der Waals surface area contributed by atoms with Gasteiger partial charge in [0, 0.05) is 18.8 Å². The third-order valence-electron chi connectivity index (χ3n) is 3.96. The van der Waals surface area contributed by atoms with Gasteiger partial charge in [0.1, 0.15) is 12.0 Å². The molecule has 21 heavy (non-hydrogen) atoms. The Kier molecular flexibility index (Phi) is 3.77. The Morgan fingerprint density at radius 3 is 2.29 bits per heavy atom. The molecule has 0 bridgehead atoms. The summed E-state index contributed by atoms with van der Waals surface area (Å²) in [6, 6.07) is 2.02. The molecule has 3 heterocycles. The van der Waals surface area contributed by atoms with Gasteiger partial charge in [-0.1, -0.05) is 12.8 Å². The lowest BCUT2D eigenvalue weighted by molar-refractivity contribution is 0.726. The molecule has 1 aliphatic rings. The van der Waals surface area contributed by atoms with Crippen molar-refractivity contribution in [2.45, 2.75) is 39.5 Å². The van der Waals surface area contributed by atoms with Crippen LogP contribution in [0.25, 0.3) is 5.82 Å². The minimum absolute atomic E-state index is 0.616. The van der Waals surface area contributed by atoms with Crippen molar-refractivity contribution in [3.63, 3.8) is 0 Å². The van der Waals surface area contributed by atoms with Crippen LogP contribution in [0.5, 0.6) is 0 Å². The van der Waals surface area contributed by atoms with E-state index in [9.17, 15) is 0 Å². The molecule has 0 amide bonds. The van der Waals surface area contributed by atoms with Gasteiger partial charge in [0.05, 0.1) is 5.69 Å². The van der Waals surface area contributed by atoms with Gasteiger partial charge in [0.25, 0.3) is 0 Å². The molecule has 112 valence electrons. The Balaban J connectivity index is 2.00. The van der Waals surface area contributed by atoms with Crippen LogP contribution < -0.4 is 10.6 Å². The summed E-state index contributed by atoms with van der Waals surface area (Å²) < 4.78 is 1.80. The van der Waals surface area contributed by atoms with Crippen molar-refractivity contribution < 1.29 is 0 Å². The smallest absolute Gasteiger partial charge is 0.182 e. The van der Waals surface area contributed by atoms with Crippen LogP contribution in [-0.4, -0.2) is 32.8 Å². The first kappa shape index (κ1) is 13.9. The summed E-state index contributed by atoms with van der Waals surface area (Å²) in [5.41, 5.74) is 8.95. The third kappa shape index (κ3) is 2.70. The number of nitrogen functional groups attached to an aromatic ring is 1. The predicted molar refractivity (Wildman–Crippen MR) is 83.7 cm³/mol. The topological polar surface area (TPSA) is 72.9 Å². The van der Waals surface area contributed by atoms with Crippen LogP contribution in [0.2, 0.25) is 0 Å². The molecule has 0 unspecified atom stereocenters. The molecule has 2 aromatic heterocycles. The van der Waals surface area contributed by atoms with E-state index < -0.39 is 0 Å². The van der Waals surface area contributed by atoms with E-state index in [4.69, 9.17) is 5.73 Å². The third-order valence-corrected chi connectivity index (χ3v) is 3.96. The summed E-state index contributed by atoms with van der Waals surface area (Å²) in [6.07, 6.45) is 6.54. The summed E-state index contributed by atoms with van der Waals surface area (Å²) in [7, 11) is 0. The molecule has 0 radical (unpaired) electrons. The Hall–Kier alpha value is -2.11. The summed E-state index contributed by atoms with van der Waals surface area (Å²) in [5, 5.41) is 4.47. The van der Waals surface area contributed by atoms with Gasteiger partial charge >= 0.3 is 0 Å². The zero-order valence-electron chi connectivity index (χ0n) is 12.7. The second-order valence-electron chi connectivity index (χ2n) is 5.67. The molecule has 1 fully saturated rings. The fourth-order valence-corrected chi connectivity index (χ4v) is 2.92. The molecule has 0 spiro atoms. The number of aryl methyl sites for hydroxylation is 2. The lowest BCUT2D eigenvalue weighted by Gasteiger charge is -2.23. The maximum Gasteiger partial charge on any atom is 0.182 e. The molecular formula is C15H22N6. The molecule has 6 heteroatoms. The summed E-state index contributed by atoms with van der Waals surface area (Å²) in [4.78, 5) is 11.0. The van der Waals surface area contributed by atoms with Crippen molar-refractivity contribution in [3.8, 4) is 5.82 Å². The van der Waals surface area contributed by atoms with Gasteiger partial charge in [-0.25, -0.2) is 14.6 Å². The van der Waals surface area contributed by atoms with E-state index in [2.05, 4.69) is 20.0 Å². The van der Waals surface area contributed by atoms with E-state index in [1.54, 1.807) is 11.0 Å². The summed E-state index contributed by atoms with van der Waals surface area (Å²) in [5.74, 6) is 1.52. The van der Waals surface area contributed by atoms with Gasteiger partial charge in [0.2, 0.25) is 0 Å². The number of anilines is 2. The van der Waals surface area contributed by atoms with Gasteiger partial charge < -0.3 is 10.6 Å². The average Bonchev–Trinajstić information content (AvgIpc) is 2.68. The molecular weight excluding hydrogens is 264 g/mol. The zero-order valence-corrected chi connectivity index (χ0v) is 12.7. The average molecular weight is 286 g/mol. The predicted octanol–water partition coefficient (Wildman–Crippen LogP) is 2.24. The van der Waals surface area contributed by atoms with Gasteiger partial charge in [-0.15, -0.1) is 0 Å². The zero-order chi connectivity index (χ0) is 14.8. The molecule has 6 nitrogen and oxygen atoms in total. The molecule has 1 saturated heterocycles. The Bertz CT molecular complexity index is 625. The van der Waals surface area contributed by atoms with E-state index >= 15 is 0 Å². The van der Waals surface area contributed by atoms with E-state index in [0.717, 1.165) is 30.3 Å². The first-order valence-corrected chi connectivity index (χ1v) is 7.56. The number of nitrogens with two attached hydrogens (primary N) is 1. The fourth-order valence-electron chi connectivity index (χ4n) is 2.92. The highest BCUT2D eigenvalue weighted by atomic mass is 15.3. The fraction of sp³-hybridized carbons (Fsp3) is 0.533. The van der Waals surface area contributed by atoms with E-state index in [1.165, 1.54) is 25.7 Å². The Morgan fingerprint density at radius 2 is 1.67 bits per heavy atom. The van der Waals surface area contributed by atoms with Crippen LogP contribution in [0.15, 0.2) is 12.4 Å². The molecule has 1 aliphatic heterocycles. The maximum atomic E-state index is 6.35. The standard InChI is InChI=1S/C15H22N6/c1-11-9-12(2)21(19-11)15-13(16)14(17-10-18-15)20-7-5-3-4-6-8-20/h9-10H,3-8,16H2,1-2H3. The van der Waals surface area contributed by atoms with Crippen molar-refractivity contribution in [1.29, 1.82) is 0 Å². The highest BCUT2D eigenvalue weighted by Gasteiger charge is 2.18. The highest BCUT2D eigenvalue weighted by molar-refractivity contribution is 5.70. The minimum Gasteiger partial charge on any atom is -0.393 e. The SMILES string of the molecule is Cc1cc(C)n(-c2ncnc(N3CCCCCC3)c2N)n1. The number of rotatable bonds is 2. The Morgan fingerprint density at radius 1 is 1.00 bits per heavy atom. The normalized spacial score (nSPS) is 16.0. The van der Waals surface area contributed by atoms with E-state index in [0.29, 0.717) is 11.5 Å². The van der Waals surface area contributed by atoms with Gasteiger partial charge in [0.15, 0.2) is 11.6 Å². The molecule has 0 aliphatic carbocycles. The van der Waals surface area contributed by atoms with Crippen LogP contribution in [0.3, 0.4) is 0 Å². The van der Waals surface area contributed by atoms with Crippen LogP contribution in [0.4, 0.5) is 11.5 Å². The maximum absolute atomic E-state index is 6.35. The van der Waals surface area contributed by atoms with Crippen molar-refractivity contribution >= 4 is 11.5 Å². The number of aromatic nitrogens is 4. The van der Waals surface area contributed by atoms with Crippen LogP contribution >= 0.6 is 0 Å². The first-order valence-electron chi connectivity index (χ1n) is 7.56. The molecule has 0 saturated carbocycles. The van der Waals surface area contributed by atoms with Gasteiger partial charge in [-0.05, 0) is 32.8 Å². The highest BCUT2D eigenvalue weighted by Crippen LogP contribution is 2.27. The molecule has 3 rings (SSSR count). The van der Waals surface area contributed by atoms with E-state index in [-0.39, 0.29) is 0 Å². The number of nitrogens with zero attached hydrogens (tertiary/aromatic N) is 5. The molecule has 0 atom stereocenters. The van der Waals surface area contributed by atoms with Crippen molar-refractivity contribution in [3.05, 3.63) is 23.8 Å².